The van der Waals surface area contributed by atoms with Crippen molar-refractivity contribution in [1.29, 1.82) is 0 Å². The van der Waals surface area contributed by atoms with E-state index in [1.54, 1.807) is 19.1 Å². The van der Waals surface area contributed by atoms with Crippen LogP contribution in [0.3, 0.4) is 0 Å². The Bertz CT molecular complexity index is 702. The van der Waals surface area contributed by atoms with Gasteiger partial charge in [0.2, 0.25) is 0 Å². The molecule has 1 atom stereocenters. The number of methoxy groups -OCH3 is 1. The van der Waals surface area contributed by atoms with Crippen LogP contribution in [0.2, 0.25) is 0 Å². The number of hydrogen-bond donors (Lipinski definition) is 2. The Morgan fingerprint density at radius 3 is 2.36 bits per heavy atom. The highest BCUT2D eigenvalue weighted by Gasteiger charge is 2.35. The Morgan fingerprint density at radius 1 is 1.18 bits per heavy atom. The van der Waals surface area contributed by atoms with E-state index in [1.807, 2.05) is 19.1 Å². The molecule has 0 bridgehead atoms. The molecule has 1 aromatic rings. The zero-order valence-electron chi connectivity index (χ0n) is 13.2. The Balaban J connectivity index is 2.70. The molecule has 0 amide bonds. The molecule has 1 aliphatic rings. The van der Waals surface area contributed by atoms with Gasteiger partial charge in [0.05, 0.1) is 12.7 Å². The number of hydrogen-bond acceptors (Lipinski definition) is 5. The number of ketones is 1. The van der Waals surface area contributed by atoms with Gasteiger partial charge in [-0.15, -0.1) is 0 Å². The summed E-state index contributed by atoms with van der Waals surface area (Å²) < 4.78 is 4.90. The maximum atomic E-state index is 12.2. The minimum atomic E-state index is -0.477. The number of carbonyl (C=O) groups is 2. The molecule has 116 valence electrons. The number of ether oxygens (including phenoxy) is 1. The Kier molecular flexibility index (Phi) is 4.35. The van der Waals surface area contributed by atoms with Crippen LogP contribution >= 0.6 is 0 Å². The molecule has 0 radical (unpaired) electrons. The summed E-state index contributed by atoms with van der Waals surface area (Å²) in [6, 6.07) is 7.22. The van der Waals surface area contributed by atoms with Gasteiger partial charge in [-0.3, -0.25) is 4.79 Å². The van der Waals surface area contributed by atoms with E-state index in [-0.39, 0.29) is 5.78 Å². The van der Waals surface area contributed by atoms with Gasteiger partial charge in [0.1, 0.15) is 0 Å². The molecule has 5 heteroatoms. The van der Waals surface area contributed by atoms with Gasteiger partial charge in [-0.2, -0.15) is 0 Å². The van der Waals surface area contributed by atoms with Gasteiger partial charge in [-0.25, -0.2) is 4.79 Å². The van der Waals surface area contributed by atoms with Crippen molar-refractivity contribution in [3.05, 3.63) is 52.4 Å². The van der Waals surface area contributed by atoms with E-state index in [0.29, 0.717) is 22.5 Å². The molecule has 0 aromatic heterocycles. The van der Waals surface area contributed by atoms with Gasteiger partial charge in [-0.1, -0.05) is 12.1 Å². The van der Waals surface area contributed by atoms with Crippen LogP contribution in [0.4, 0.5) is 5.69 Å². The zero-order valence-corrected chi connectivity index (χ0v) is 13.2. The lowest BCUT2D eigenvalue weighted by Crippen LogP contribution is -2.31. The van der Waals surface area contributed by atoms with Crippen molar-refractivity contribution >= 4 is 17.4 Å². The topological polar surface area (TPSA) is 81.4 Å². The number of allylic oxidation sites excluding steroid dienone is 3. The number of nitrogens with one attached hydrogen (secondary N) is 1. The van der Waals surface area contributed by atoms with E-state index in [9.17, 15) is 9.59 Å². The second-order valence-corrected chi connectivity index (χ2v) is 5.35. The third-order valence-corrected chi connectivity index (χ3v) is 3.79. The fourth-order valence-electron chi connectivity index (χ4n) is 2.91. The number of Topliss-reactive ketones (excluding diaryl/α,β-unsaturated/α-hetero) is 1. The fourth-order valence-corrected chi connectivity index (χ4v) is 2.91. The van der Waals surface area contributed by atoms with E-state index >= 15 is 0 Å². The van der Waals surface area contributed by atoms with Crippen molar-refractivity contribution in [2.75, 3.05) is 12.8 Å². The van der Waals surface area contributed by atoms with Crippen LogP contribution in [0, 0.1) is 0 Å². The summed E-state index contributed by atoms with van der Waals surface area (Å²) >= 11 is 0. The molecular weight excluding hydrogens is 280 g/mol. The van der Waals surface area contributed by atoms with Gasteiger partial charge >= 0.3 is 5.97 Å². The molecule has 1 aromatic carbocycles. The van der Waals surface area contributed by atoms with Crippen LogP contribution in [0.5, 0.6) is 0 Å². The lowest BCUT2D eigenvalue weighted by molar-refractivity contribution is -0.136. The minimum Gasteiger partial charge on any atom is -0.466 e. The van der Waals surface area contributed by atoms with E-state index in [0.717, 1.165) is 11.3 Å². The number of benzene rings is 1. The summed E-state index contributed by atoms with van der Waals surface area (Å²) in [6.45, 7) is 5.12. The summed E-state index contributed by atoms with van der Waals surface area (Å²) in [7, 11) is 1.33. The number of rotatable bonds is 3. The first-order valence-corrected chi connectivity index (χ1v) is 7.00. The number of nitrogen functional groups attached to an aromatic ring is 1. The molecule has 5 nitrogen and oxygen atoms in total. The maximum absolute atomic E-state index is 12.2. The third-order valence-electron chi connectivity index (χ3n) is 3.79. The smallest absolute Gasteiger partial charge is 0.336 e. The molecule has 22 heavy (non-hydrogen) atoms. The predicted octanol–water partition coefficient (Wildman–Crippen LogP) is 2.27. The van der Waals surface area contributed by atoms with Crippen molar-refractivity contribution in [3.63, 3.8) is 0 Å². The van der Waals surface area contributed by atoms with E-state index in [1.165, 1.54) is 14.0 Å². The van der Waals surface area contributed by atoms with Crippen molar-refractivity contribution < 1.29 is 14.3 Å². The second kappa shape index (κ2) is 6.05. The average Bonchev–Trinajstić information content (AvgIpc) is 2.45. The number of nitrogens with two attached hydrogens (primary N) is 1. The normalized spacial score (nSPS) is 18.1. The first kappa shape index (κ1) is 15.8. The van der Waals surface area contributed by atoms with Crippen molar-refractivity contribution in [1.82, 2.24) is 5.32 Å². The molecular formula is C17H20N2O3. The molecule has 2 rings (SSSR count). The number of esters is 1. The van der Waals surface area contributed by atoms with Crippen LogP contribution in [0.15, 0.2) is 46.8 Å². The maximum Gasteiger partial charge on any atom is 0.336 e. The van der Waals surface area contributed by atoms with Crippen LogP contribution in [0.25, 0.3) is 0 Å². The van der Waals surface area contributed by atoms with Crippen LogP contribution in [-0.4, -0.2) is 18.9 Å². The van der Waals surface area contributed by atoms with E-state index < -0.39 is 11.9 Å². The highest BCUT2D eigenvalue weighted by Crippen LogP contribution is 2.39. The summed E-state index contributed by atoms with van der Waals surface area (Å²) in [5.41, 5.74) is 9.65. The first-order valence-electron chi connectivity index (χ1n) is 7.00. The van der Waals surface area contributed by atoms with Gasteiger partial charge in [0, 0.05) is 28.6 Å². The van der Waals surface area contributed by atoms with Gasteiger partial charge < -0.3 is 15.8 Å². The van der Waals surface area contributed by atoms with Crippen LogP contribution in [0.1, 0.15) is 32.3 Å². The first-order chi connectivity index (χ1) is 10.4. The van der Waals surface area contributed by atoms with E-state index in [4.69, 9.17) is 10.5 Å². The molecule has 0 aliphatic carbocycles. The molecule has 1 heterocycles. The minimum absolute atomic E-state index is 0.0914. The predicted molar refractivity (Wildman–Crippen MR) is 84.8 cm³/mol. The highest BCUT2D eigenvalue weighted by molar-refractivity contribution is 6.02. The molecule has 0 saturated heterocycles. The largest absolute Gasteiger partial charge is 0.466 e. The Morgan fingerprint density at radius 2 is 1.82 bits per heavy atom. The van der Waals surface area contributed by atoms with Crippen LogP contribution in [-0.2, 0) is 14.3 Å². The highest BCUT2D eigenvalue weighted by atomic mass is 16.5. The van der Waals surface area contributed by atoms with Gasteiger partial charge in [0.25, 0.3) is 0 Å². The monoisotopic (exact) mass is 300 g/mol. The summed E-state index contributed by atoms with van der Waals surface area (Å²) in [6.07, 6.45) is 0. The number of anilines is 1. The molecule has 1 aliphatic heterocycles. The molecule has 0 spiro atoms. The van der Waals surface area contributed by atoms with Crippen LogP contribution < -0.4 is 11.1 Å². The van der Waals surface area contributed by atoms with Crippen molar-refractivity contribution in [2.45, 2.75) is 26.7 Å². The molecule has 0 saturated carbocycles. The summed E-state index contributed by atoms with van der Waals surface area (Å²) in [4.78, 5) is 24.4. The van der Waals surface area contributed by atoms with Gasteiger partial charge in [-0.05, 0) is 38.5 Å². The number of dihydropyridines is 1. The quantitative estimate of drug-likeness (QED) is 0.661. The summed E-state index contributed by atoms with van der Waals surface area (Å²) in [5, 5.41) is 3.10. The van der Waals surface area contributed by atoms with Gasteiger partial charge in [0.15, 0.2) is 5.78 Å². The summed E-state index contributed by atoms with van der Waals surface area (Å²) in [5.74, 6) is -1.02. The standard InChI is InChI=1S/C17H20N2O3/c1-9-14(11(3)20)16(12-6-5-7-13(18)8-12)15(10(2)19-9)17(21)22-4/h5-8,16,19H,18H2,1-4H3. The third kappa shape index (κ3) is 2.74. The molecule has 0 fully saturated rings. The Labute approximate surface area is 129 Å². The van der Waals surface area contributed by atoms with Crippen molar-refractivity contribution in [3.8, 4) is 0 Å². The SMILES string of the molecule is COC(=O)C1=C(C)NC(C)=C(C(C)=O)C1c1cccc(N)c1. The lowest BCUT2D eigenvalue weighted by atomic mass is 9.79. The number of carbonyl (C=O) groups excluding carboxylic acids is 2. The lowest BCUT2D eigenvalue weighted by Gasteiger charge is -2.30. The molecule has 1 unspecified atom stereocenters. The second-order valence-electron chi connectivity index (χ2n) is 5.35. The average molecular weight is 300 g/mol. The van der Waals surface area contributed by atoms with E-state index in [2.05, 4.69) is 5.32 Å². The zero-order chi connectivity index (χ0) is 16.4. The Hall–Kier alpha value is -2.56. The van der Waals surface area contributed by atoms with Crippen molar-refractivity contribution in [2.24, 2.45) is 0 Å². The molecule has 3 N–H and O–H groups in total. The fraction of sp³-hybridized carbons (Fsp3) is 0.294.